The van der Waals surface area contributed by atoms with Crippen LogP contribution in [0.3, 0.4) is 0 Å². The first-order chi connectivity index (χ1) is 7.11. The van der Waals surface area contributed by atoms with Crippen molar-refractivity contribution in [2.75, 3.05) is 6.54 Å². The number of nitrogens with two attached hydrogens (primary N) is 1. The lowest BCUT2D eigenvalue weighted by atomic mass is 10.1. The zero-order valence-electron chi connectivity index (χ0n) is 9.29. The average molecular weight is 206 g/mol. The molecule has 0 aromatic heterocycles. The predicted molar refractivity (Wildman–Crippen MR) is 61.5 cm³/mol. The average Bonchev–Trinajstić information content (AvgIpc) is 2.20. The van der Waals surface area contributed by atoms with E-state index < -0.39 is 6.04 Å². The highest BCUT2D eigenvalue weighted by atomic mass is 16.2. The molecular formula is C12H18N2O. The molecule has 0 aliphatic carbocycles. The van der Waals surface area contributed by atoms with Gasteiger partial charge in [-0.25, -0.2) is 0 Å². The maximum absolute atomic E-state index is 11.2. The minimum absolute atomic E-state index is 0.0939. The van der Waals surface area contributed by atoms with Crippen molar-refractivity contribution in [3.05, 3.63) is 35.4 Å². The van der Waals surface area contributed by atoms with E-state index in [9.17, 15) is 4.79 Å². The lowest BCUT2D eigenvalue weighted by molar-refractivity contribution is -0.121. The quantitative estimate of drug-likeness (QED) is 0.772. The molecule has 0 fully saturated rings. The summed E-state index contributed by atoms with van der Waals surface area (Å²) >= 11 is 0. The third-order valence-electron chi connectivity index (χ3n) is 2.37. The molecule has 0 aliphatic heterocycles. The Morgan fingerprint density at radius 1 is 1.47 bits per heavy atom. The Bertz CT molecular complexity index is 334. The van der Waals surface area contributed by atoms with Crippen LogP contribution in [0.4, 0.5) is 0 Å². The highest BCUT2D eigenvalue weighted by molar-refractivity contribution is 5.80. The number of benzene rings is 1. The third-order valence-corrected chi connectivity index (χ3v) is 2.37. The van der Waals surface area contributed by atoms with Crippen molar-refractivity contribution in [1.82, 2.24) is 5.32 Å². The van der Waals surface area contributed by atoms with E-state index in [4.69, 9.17) is 5.73 Å². The van der Waals surface area contributed by atoms with Gasteiger partial charge in [0.2, 0.25) is 5.91 Å². The second-order valence-corrected chi connectivity index (χ2v) is 3.76. The summed E-state index contributed by atoms with van der Waals surface area (Å²) in [6.45, 7) is 4.40. The van der Waals surface area contributed by atoms with Crippen molar-refractivity contribution in [1.29, 1.82) is 0 Å². The van der Waals surface area contributed by atoms with Crippen LogP contribution >= 0.6 is 0 Å². The second-order valence-electron chi connectivity index (χ2n) is 3.76. The zero-order chi connectivity index (χ0) is 11.3. The number of amides is 1. The Morgan fingerprint density at radius 3 is 2.73 bits per heavy atom. The van der Waals surface area contributed by atoms with Crippen LogP contribution in [0.15, 0.2) is 24.3 Å². The first-order valence-electron chi connectivity index (χ1n) is 5.19. The number of hydrogen-bond acceptors (Lipinski definition) is 2. The molecule has 3 nitrogen and oxygen atoms in total. The van der Waals surface area contributed by atoms with Gasteiger partial charge in [0.1, 0.15) is 0 Å². The molecule has 1 rings (SSSR count). The first kappa shape index (κ1) is 11.7. The van der Waals surface area contributed by atoms with E-state index >= 15 is 0 Å². The molecule has 0 radical (unpaired) electrons. The Morgan fingerprint density at radius 2 is 2.13 bits per heavy atom. The molecule has 82 valence electrons. The van der Waals surface area contributed by atoms with Gasteiger partial charge in [-0.05, 0) is 31.4 Å². The van der Waals surface area contributed by atoms with Crippen LogP contribution in [0.5, 0.6) is 0 Å². The second kappa shape index (κ2) is 5.51. The van der Waals surface area contributed by atoms with E-state index in [1.807, 2.05) is 12.1 Å². The number of hydrogen-bond donors (Lipinski definition) is 2. The predicted octanol–water partition coefficient (Wildman–Crippen LogP) is 1.00. The third kappa shape index (κ3) is 3.72. The molecule has 1 atom stereocenters. The fraction of sp³-hybridized carbons (Fsp3) is 0.417. The molecule has 3 heteroatoms. The molecule has 1 aromatic carbocycles. The van der Waals surface area contributed by atoms with Gasteiger partial charge in [0, 0.05) is 6.54 Å². The molecule has 15 heavy (non-hydrogen) atoms. The van der Waals surface area contributed by atoms with Crippen LogP contribution in [-0.4, -0.2) is 18.5 Å². The van der Waals surface area contributed by atoms with E-state index in [1.54, 1.807) is 6.92 Å². The van der Waals surface area contributed by atoms with Gasteiger partial charge in [-0.1, -0.05) is 24.3 Å². The van der Waals surface area contributed by atoms with Gasteiger partial charge in [0.25, 0.3) is 0 Å². The van der Waals surface area contributed by atoms with E-state index in [-0.39, 0.29) is 5.91 Å². The largest absolute Gasteiger partial charge is 0.354 e. The van der Waals surface area contributed by atoms with Gasteiger partial charge < -0.3 is 11.1 Å². The van der Waals surface area contributed by atoms with E-state index in [1.165, 1.54) is 11.1 Å². The molecule has 1 amide bonds. The summed E-state index contributed by atoms with van der Waals surface area (Å²) in [6, 6.07) is 7.74. The summed E-state index contributed by atoms with van der Waals surface area (Å²) in [5.74, 6) is -0.0939. The van der Waals surface area contributed by atoms with Crippen LogP contribution < -0.4 is 11.1 Å². The molecule has 0 bridgehead atoms. The maximum atomic E-state index is 11.2. The van der Waals surface area contributed by atoms with E-state index in [0.717, 1.165) is 6.42 Å². The molecule has 0 aliphatic rings. The number of aryl methyl sites for hydroxylation is 1. The number of rotatable bonds is 4. The van der Waals surface area contributed by atoms with Crippen LogP contribution in [0.1, 0.15) is 18.1 Å². The van der Waals surface area contributed by atoms with Crippen molar-refractivity contribution in [3.63, 3.8) is 0 Å². The van der Waals surface area contributed by atoms with Crippen molar-refractivity contribution < 1.29 is 4.79 Å². The summed E-state index contributed by atoms with van der Waals surface area (Å²) in [5.41, 5.74) is 7.96. The fourth-order valence-corrected chi connectivity index (χ4v) is 1.37. The van der Waals surface area contributed by atoms with Crippen molar-refractivity contribution in [3.8, 4) is 0 Å². The standard InChI is InChI=1S/C12H18N2O/c1-9-5-3-4-6-11(9)7-8-14-12(15)10(2)13/h3-6,10H,7-8,13H2,1-2H3,(H,14,15)/t10-/m1/s1. The zero-order valence-corrected chi connectivity index (χ0v) is 9.29. The van der Waals surface area contributed by atoms with E-state index in [0.29, 0.717) is 6.54 Å². The minimum Gasteiger partial charge on any atom is -0.354 e. The topological polar surface area (TPSA) is 55.1 Å². The molecule has 1 aromatic rings. The Labute approximate surface area is 90.7 Å². The summed E-state index contributed by atoms with van der Waals surface area (Å²) in [4.78, 5) is 11.2. The van der Waals surface area contributed by atoms with Gasteiger partial charge in [-0.2, -0.15) is 0 Å². The van der Waals surface area contributed by atoms with Crippen molar-refractivity contribution in [2.45, 2.75) is 26.3 Å². The van der Waals surface area contributed by atoms with Gasteiger partial charge in [-0.3, -0.25) is 4.79 Å². The monoisotopic (exact) mass is 206 g/mol. The van der Waals surface area contributed by atoms with Crippen LogP contribution in [0, 0.1) is 6.92 Å². The number of nitrogens with one attached hydrogen (secondary N) is 1. The summed E-state index contributed by atoms with van der Waals surface area (Å²) < 4.78 is 0. The molecule has 0 spiro atoms. The highest BCUT2D eigenvalue weighted by Crippen LogP contribution is 2.06. The lowest BCUT2D eigenvalue weighted by Gasteiger charge is -2.08. The smallest absolute Gasteiger partial charge is 0.236 e. The molecule has 0 heterocycles. The summed E-state index contributed by atoms with van der Waals surface area (Å²) in [5, 5.41) is 2.79. The van der Waals surface area contributed by atoms with Crippen LogP contribution in [-0.2, 0) is 11.2 Å². The highest BCUT2D eigenvalue weighted by Gasteiger charge is 2.05. The lowest BCUT2D eigenvalue weighted by Crippen LogP contribution is -2.39. The molecule has 0 saturated carbocycles. The number of carbonyl (C=O) groups is 1. The molecule has 0 unspecified atom stereocenters. The normalized spacial score (nSPS) is 12.2. The van der Waals surface area contributed by atoms with Crippen LogP contribution in [0.25, 0.3) is 0 Å². The Kier molecular flexibility index (Phi) is 4.31. The summed E-state index contributed by atoms with van der Waals surface area (Å²) in [6.07, 6.45) is 0.852. The number of carbonyl (C=O) groups excluding carboxylic acids is 1. The van der Waals surface area contributed by atoms with E-state index in [2.05, 4.69) is 24.4 Å². The fourth-order valence-electron chi connectivity index (χ4n) is 1.37. The van der Waals surface area contributed by atoms with Gasteiger partial charge in [0.15, 0.2) is 0 Å². The van der Waals surface area contributed by atoms with Crippen LogP contribution in [0.2, 0.25) is 0 Å². The van der Waals surface area contributed by atoms with Crippen molar-refractivity contribution >= 4 is 5.91 Å². The molecule has 0 saturated heterocycles. The molecular weight excluding hydrogens is 188 g/mol. The van der Waals surface area contributed by atoms with Gasteiger partial charge >= 0.3 is 0 Å². The Balaban J connectivity index is 2.38. The van der Waals surface area contributed by atoms with Gasteiger partial charge in [-0.15, -0.1) is 0 Å². The SMILES string of the molecule is Cc1ccccc1CCNC(=O)[C@@H](C)N. The maximum Gasteiger partial charge on any atom is 0.236 e. The molecule has 3 N–H and O–H groups in total. The van der Waals surface area contributed by atoms with Gasteiger partial charge in [0.05, 0.1) is 6.04 Å². The Hall–Kier alpha value is -1.35. The summed E-state index contributed by atoms with van der Waals surface area (Å²) in [7, 11) is 0. The minimum atomic E-state index is -0.429. The van der Waals surface area contributed by atoms with Crippen molar-refractivity contribution in [2.24, 2.45) is 5.73 Å². The first-order valence-corrected chi connectivity index (χ1v) is 5.19.